The number of carbonyl (C=O) groups is 4. The van der Waals surface area contributed by atoms with E-state index in [1.807, 2.05) is 6.07 Å². The molecule has 0 unspecified atom stereocenters. The maximum Gasteiger partial charge on any atom is 0.321 e. The number of fused-ring (bicyclic) bond motifs is 1. The van der Waals surface area contributed by atoms with E-state index < -0.39 is 30.4 Å². The Morgan fingerprint density at radius 1 is 1.10 bits per heavy atom. The van der Waals surface area contributed by atoms with Crippen LogP contribution in [0.25, 0.3) is 10.9 Å². The maximum absolute atomic E-state index is 12.2. The number of ether oxygens (including phenoxy) is 1. The first-order valence-electron chi connectivity index (χ1n) is 10.00. The van der Waals surface area contributed by atoms with Crippen LogP contribution >= 0.6 is 0 Å². The van der Waals surface area contributed by atoms with Gasteiger partial charge in [0.2, 0.25) is 0 Å². The third-order valence-corrected chi connectivity index (χ3v) is 4.86. The first-order chi connectivity index (χ1) is 14.5. The van der Waals surface area contributed by atoms with Gasteiger partial charge in [0.25, 0.3) is 11.8 Å². The molecule has 2 aromatic rings. The van der Waals surface area contributed by atoms with Gasteiger partial charge in [0, 0.05) is 18.0 Å². The highest BCUT2D eigenvalue weighted by Crippen LogP contribution is 2.17. The zero-order chi connectivity index (χ0) is 21.3. The number of hydrogen-bond acceptors (Lipinski definition) is 6. The van der Waals surface area contributed by atoms with Gasteiger partial charge in [-0.3, -0.25) is 24.8 Å². The van der Waals surface area contributed by atoms with Gasteiger partial charge in [-0.1, -0.05) is 37.5 Å². The van der Waals surface area contributed by atoms with Crippen molar-refractivity contribution in [1.29, 1.82) is 0 Å². The largest absolute Gasteiger partial charge is 0.456 e. The van der Waals surface area contributed by atoms with Crippen LogP contribution in [0.4, 0.5) is 4.79 Å². The molecule has 10 heteroatoms. The van der Waals surface area contributed by atoms with Crippen molar-refractivity contribution in [3.8, 4) is 0 Å². The molecule has 1 aliphatic rings. The number of nitrogens with zero attached hydrogens (tertiary/aromatic N) is 1. The number of rotatable bonds is 7. The van der Waals surface area contributed by atoms with E-state index in [2.05, 4.69) is 26.1 Å². The Morgan fingerprint density at radius 3 is 2.67 bits per heavy atom. The number of aromatic nitrogens is 2. The number of amides is 4. The van der Waals surface area contributed by atoms with Crippen molar-refractivity contribution in [2.24, 2.45) is 0 Å². The van der Waals surface area contributed by atoms with Gasteiger partial charge in [0.15, 0.2) is 12.3 Å². The highest BCUT2D eigenvalue weighted by atomic mass is 16.5. The Labute approximate surface area is 173 Å². The van der Waals surface area contributed by atoms with E-state index in [9.17, 15) is 19.2 Å². The molecule has 30 heavy (non-hydrogen) atoms. The summed E-state index contributed by atoms with van der Waals surface area (Å²) in [4.78, 5) is 47.5. The predicted octanol–water partition coefficient (Wildman–Crippen LogP) is 1.38. The molecule has 1 aliphatic carbocycles. The lowest BCUT2D eigenvalue weighted by atomic mass is 9.96. The molecular weight excluding hydrogens is 390 g/mol. The number of esters is 1. The van der Waals surface area contributed by atoms with Crippen LogP contribution in [0.5, 0.6) is 0 Å². The van der Waals surface area contributed by atoms with Crippen molar-refractivity contribution in [1.82, 2.24) is 26.1 Å². The summed E-state index contributed by atoms with van der Waals surface area (Å²) < 4.78 is 4.83. The summed E-state index contributed by atoms with van der Waals surface area (Å²) in [6.07, 6.45) is 4.96. The molecule has 160 valence electrons. The second kappa shape index (κ2) is 10.4. The van der Waals surface area contributed by atoms with Crippen LogP contribution in [0.15, 0.2) is 24.3 Å². The average molecular weight is 415 g/mol. The zero-order valence-electron chi connectivity index (χ0n) is 16.5. The second-order valence-corrected chi connectivity index (χ2v) is 7.14. The average Bonchev–Trinajstić information content (AvgIpc) is 3.17. The monoisotopic (exact) mass is 415 g/mol. The molecule has 1 fully saturated rings. The number of benzene rings is 1. The minimum absolute atomic E-state index is 0.0304. The molecular formula is C20H25N5O5. The topological polar surface area (TPSA) is 142 Å². The molecule has 1 aromatic heterocycles. The molecule has 1 saturated carbocycles. The standard InChI is InChI=1S/C20H25N5O5/c26-16(23-20(29)22-13-6-2-1-3-7-13)12-30-17(27)10-11-21-19(28)18-14-8-4-5-9-15(14)24-25-18/h4-5,8-9,13H,1-3,6-7,10-12H2,(H,21,28)(H,24,25)(H2,22,23,26,29). The lowest BCUT2D eigenvalue weighted by molar-refractivity contribution is -0.148. The first-order valence-corrected chi connectivity index (χ1v) is 10.00. The molecule has 0 aliphatic heterocycles. The van der Waals surface area contributed by atoms with E-state index in [4.69, 9.17) is 4.74 Å². The normalized spacial score (nSPS) is 14.1. The minimum Gasteiger partial charge on any atom is -0.456 e. The number of nitrogens with one attached hydrogen (secondary N) is 4. The molecule has 0 atom stereocenters. The Balaban J connectivity index is 1.32. The smallest absolute Gasteiger partial charge is 0.321 e. The van der Waals surface area contributed by atoms with E-state index in [-0.39, 0.29) is 24.7 Å². The number of urea groups is 1. The van der Waals surface area contributed by atoms with Crippen LogP contribution < -0.4 is 16.0 Å². The molecule has 0 saturated heterocycles. The highest BCUT2D eigenvalue weighted by molar-refractivity contribution is 6.04. The summed E-state index contributed by atoms with van der Waals surface area (Å²) in [6.45, 7) is -0.530. The molecule has 0 spiro atoms. The molecule has 1 heterocycles. The molecule has 3 rings (SSSR count). The van der Waals surface area contributed by atoms with Crippen LogP contribution in [0, 0.1) is 0 Å². The fraction of sp³-hybridized carbons (Fsp3) is 0.450. The Hall–Kier alpha value is -3.43. The van der Waals surface area contributed by atoms with Crippen molar-refractivity contribution in [3.63, 3.8) is 0 Å². The summed E-state index contributed by atoms with van der Waals surface area (Å²) in [6, 6.07) is 6.69. The summed E-state index contributed by atoms with van der Waals surface area (Å²) in [5.74, 6) is -1.79. The van der Waals surface area contributed by atoms with E-state index in [1.54, 1.807) is 18.2 Å². The van der Waals surface area contributed by atoms with Crippen molar-refractivity contribution in [2.75, 3.05) is 13.2 Å². The number of hydrogen-bond donors (Lipinski definition) is 4. The van der Waals surface area contributed by atoms with Gasteiger partial charge in [0.1, 0.15) is 0 Å². The van der Waals surface area contributed by atoms with Gasteiger partial charge in [-0.2, -0.15) is 5.10 Å². The zero-order valence-corrected chi connectivity index (χ0v) is 16.5. The fourth-order valence-corrected chi connectivity index (χ4v) is 3.35. The lowest BCUT2D eigenvalue weighted by Crippen LogP contribution is -2.46. The SMILES string of the molecule is O=C(COC(=O)CCNC(=O)c1n[nH]c2ccccc12)NC(=O)NC1CCCCC1. The first kappa shape index (κ1) is 21.3. The summed E-state index contributed by atoms with van der Waals surface area (Å²) >= 11 is 0. The maximum atomic E-state index is 12.2. The van der Waals surface area contributed by atoms with E-state index >= 15 is 0 Å². The van der Waals surface area contributed by atoms with Crippen molar-refractivity contribution < 1.29 is 23.9 Å². The van der Waals surface area contributed by atoms with Gasteiger partial charge in [-0.05, 0) is 18.9 Å². The number of imide groups is 1. The number of carbonyl (C=O) groups excluding carboxylic acids is 4. The third-order valence-electron chi connectivity index (χ3n) is 4.86. The number of aromatic amines is 1. The van der Waals surface area contributed by atoms with Gasteiger partial charge in [-0.15, -0.1) is 0 Å². The quantitative estimate of drug-likeness (QED) is 0.503. The predicted molar refractivity (Wildman–Crippen MR) is 108 cm³/mol. The lowest BCUT2D eigenvalue weighted by Gasteiger charge is -2.22. The van der Waals surface area contributed by atoms with Crippen LogP contribution in [0.3, 0.4) is 0 Å². The van der Waals surface area contributed by atoms with Gasteiger partial charge in [0.05, 0.1) is 11.9 Å². The van der Waals surface area contributed by atoms with E-state index in [1.165, 1.54) is 0 Å². The number of para-hydroxylation sites is 1. The summed E-state index contributed by atoms with van der Waals surface area (Å²) in [5.41, 5.74) is 0.975. The summed E-state index contributed by atoms with van der Waals surface area (Å²) in [5, 5.41) is 14.9. The molecule has 10 nitrogen and oxygen atoms in total. The van der Waals surface area contributed by atoms with Crippen molar-refractivity contribution in [3.05, 3.63) is 30.0 Å². The third kappa shape index (κ3) is 6.03. The molecule has 0 bridgehead atoms. The van der Waals surface area contributed by atoms with Crippen LogP contribution in [-0.4, -0.2) is 53.2 Å². The van der Waals surface area contributed by atoms with Crippen LogP contribution in [0.1, 0.15) is 49.0 Å². The number of H-pyrrole nitrogens is 1. The van der Waals surface area contributed by atoms with Crippen LogP contribution in [-0.2, 0) is 14.3 Å². The Bertz CT molecular complexity index is 919. The molecule has 4 N–H and O–H groups in total. The van der Waals surface area contributed by atoms with E-state index in [0.29, 0.717) is 5.39 Å². The van der Waals surface area contributed by atoms with Crippen molar-refractivity contribution in [2.45, 2.75) is 44.6 Å². The van der Waals surface area contributed by atoms with Gasteiger partial charge in [-0.25, -0.2) is 4.79 Å². The molecule has 4 amide bonds. The minimum atomic E-state index is -0.705. The fourth-order valence-electron chi connectivity index (χ4n) is 3.35. The Kier molecular flexibility index (Phi) is 7.36. The van der Waals surface area contributed by atoms with Crippen LogP contribution in [0.2, 0.25) is 0 Å². The van der Waals surface area contributed by atoms with Crippen molar-refractivity contribution >= 4 is 34.7 Å². The van der Waals surface area contributed by atoms with Gasteiger partial charge < -0.3 is 15.4 Å². The second-order valence-electron chi connectivity index (χ2n) is 7.14. The van der Waals surface area contributed by atoms with Gasteiger partial charge >= 0.3 is 12.0 Å². The Morgan fingerprint density at radius 2 is 1.87 bits per heavy atom. The summed E-state index contributed by atoms with van der Waals surface area (Å²) in [7, 11) is 0. The molecule has 1 aromatic carbocycles. The van der Waals surface area contributed by atoms with E-state index in [0.717, 1.165) is 37.6 Å². The highest BCUT2D eigenvalue weighted by Gasteiger charge is 2.18. The molecule has 0 radical (unpaired) electrons.